The quantitative estimate of drug-likeness (QED) is 0.412. The number of rotatable bonds is 7. The highest BCUT2D eigenvalue weighted by atomic mass is 19.4. The molecule has 3 rings (SSSR count). The molecule has 0 bridgehead atoms. The normalized spacial score (nSPS) is 11.1. The van der Waals surface area contributed by atoms with Crippen molar-refractivity contribution in [1.29, 1.82) is 0 Å². The van der Waals surface area contributed by atoms with Crippen LogP contribution in [0.1, 0.15) is 21.6 Å². The summed E-state index contributed by atoms with van der Waals surface area (Å²) in [4.78, 5) is 24.7. The predicted molar refractivity (Wildman–Crippen MR) is 109 cm³/mol. The number of para-hydroxylation sites is 1. The number of primary amides is 1. The first-order valence-electron chi connectivity index (χ1n) is 9.25. The second kappa shape index (κ2) is 9.37. The summed E-state index contributed by atoms with van der Waals surface area (Å²) in [6, 6.07) is 9.02. The van der Waals surface area contributed by atoms with E-state index in [9.17, 15) is 27.2 Å². The molecular weight excluding hydrogens is 432 g/mol. The third kappa shape index (κ3) is 5.74. The highest BCUT2D eigenvalue weighted by molar-refractivity contribution is 6.00. The van der Waals surface area contributed by atoms with Crippen LogP contribution in [0.2, 0.25) is 0 Å². The molecule has 0 radical (unpaired) electrons. The maximum absolute atomic E-state index is 13.9. The fraction of sp³-hybridized carbons (Fsp3) is 0.150. The van der Waals surface area contributed by atoms with Gasteiger partial charge in [0.2, 0.25) is 0 Å². The van der Waals surface area contributed by atoms with Gasteiger partial charge in [-0.1, -0.05) is 18.2 Å². The minimum Gasteiger partial charge on any atom is -0.364 e. The van der Waals surface area contributed by atoms with Crippen LogP contribution in [0.15, 0.2) is 54.7 Å². The van der Waals surface area contributed by atoms with Gasteiger partial charge in [-0.3, -0.25) is 4.79 Å². The molecule has 0 aliphatic carbocycles. The third-order valence-electron chi connectivity index (χ3n) is 4.32. The smallest absolute Gasteiger partial charge is 0.364 e. The van der Waals surface area contributed by atoms with Crippen LogP contribution < -0.4 is 21.8 Å². The molecule has 0 fully saturated rings. The highest BCUT2D eigenvalue weighted by Gasteiger charge is 2.31. The summed E-state index contributed by atoms with van der Waals surface area (Å²) in [6.07, 6.45) is -2.74. The lowest BCUT2D eigenvalue weighted by atomic mass is 10.1. The molecule has 3 amide bonds. The van der Waals surface area contributed by atoms with E-state index in [1.165, 1.54) is 17.1 Å². The Hall–Kier alpha value is -4.09. The Morgan fingerprint density at radius 1 is 1.03 bits per heavy atom. The SMILES string of the molecule is NC(=O)c1ccn(NCCc2ccccc2NC(=O)Nc2cc(C(F)(F)F)ccc2F)n1. The number of aromatic nitrogens is 2. The number of nitrogens with two attached hydrogens (primary N) is 1. The molecule has 0 spiro atoms. The number of alkyl halides is 3. The van der Waals surface area contributed by atoms with Gasteiger partial charge < -0.3 is 21.8 Å². The average Bonchev–Trinajstić information content (AvgIpc) is 3.19. The van der Waals surface area contributed by atoms with E-state index in [-0.39, 0.29) is 5.69 Å². The van der Waals surface area contributed by atoms with E-state index >= 15 is 0 Å². The van der Waals surface area contributed by atoms with Crippen LogP contribution in [0.25, 0.3) is 0 Å². The second-order valence-corrected chi connectivity index (χ2v) is 6.60. The van der Waals surface area contributed by atoms with E-state index < -0.39 is 35.2 Å². The van der Waals surface area contributed by atoms with Crippen LogP contribution in [0.4, 0.5) is 33.7 Å². The molecule has 0 aliphatic rings. The first-order chi connectivity index (χ1) is 15.1. The first kappa shape index (κ1) is 22.6. The molecule has 12 heteroatoms. The number of anilines is 2. The number of nitrogens with one attached hydrogen (secondary N) is 3. The number of benzene rings is 2. The number of halogens is 4. The van der Waals surface area contributed by atoms with Gasteiger partial charge in [-0.05, 0) is 42.3 Å². The van der Waals surface area contributed by atoms with Crippen molar-refractivity contribution < 1.29 is 27.2 Å². The van der Waals surface area contributed by atoms with Crippen molar-refractivity contribution in [2.45, 2.75) is 12.6 Å². The molecule has 1 heterocycles. The summed E-state index contributed by atoms with van der Waals surface area (Å²) >= 11 is 0. The topological polar surface area (TPSA) is 114 Å². The van der Waals surface area contributed by atoms with Crippen LogP contribution in [-0.2, 0) is 12.6 Å². The maximum atomic E-state index is 13.9. The summed E-state index contributed by atoms with van der Waals surface area (Å²) in [7, 11) is 0. The molecule has 0 unspecified atom stereocenters. The molecule has 168 valence electrons. The molecule has 2 aromatic carbocycles. The molecule has 32 heavy (non-hydrogen) atoms. The number of amides is 3. The zero-order valence-electron chi connectivity index (χ0n) is 16.4. The number of hydrogen-bond acceptors (Lipinski definition) is 4. The Balaban J connectivity index is 1.63. The van der Waals surface area contributed by atoms with Crippen molar-refractivity contribution in [1.82, 2.24) is 9.89 Å². The summed E-state index contributed by atoms with van der Waals surface area (Å²) in [6.45, 7) is 0.364. The number of nitrogens with zero attached hydrogens (tertiary/aromatic N) is 2. The van der Waals surface area contributed by atoms with Crippen LogP contribution in [0.3, 0.4) is 0 Å². The molecule has 3 aromatic rings. The average molecular weight is 450 g/mol. The summed E-state index contributed by atoms with van der Waals surface area (Å²) in [5.41, 5.74) is 7.57. The van der Waals surface area contributed by atoms with Gasteiger partial charge in [0.15, 0.2) is 5.69 Å². The van der Waals surface area contributed by atoms with Gasteiger partial charge in [-0.15, -0.1) is 5.10 Å². The van der Waals surface area contributed by atoms with Gasteiger partial charge in [0, 0.05) is 18.4 Å². The predicted octanol–water partition coefficient (Wildman–Crippen LogP) is 3.57. The van der Waals surface area contributed by atoms with E-state index in [2.05, 4.69) is 21.2 Å². The summed E-state index contributed by atoms with van der Waals surface area (Å²) in [5.74, 6) is -1.66. The zero-order valence-corrected chi connectivity index (χ0v) is 16.4. The Kier molecular flexibility index (Phi) is 6.61. The van der Waals surface area contributed by atoms with E-state index in [1.54, 1.807) is 24.3 Å². The highest BCUT2D eigenvalue weighted by Crippen LogP contribution is 2.31. The Labute approximate surface area is 179 Å². The Bertz CT molecular complexity index is 1130. The molecule has 1 aromatic heterocycles. The standard InChI is InChI=1S/C20H18F4N6O2/c21-14-6-5-13(20(22,23)24)11-17(14)28-19(32)27-15-4-2-1-3-12(15)7-9-26-30-10-8-16(29-30)18(25)31/h1-6,8,10-11,26H,7,9H2,(H2,25,31)(H2,27,28,32). The van der Waals surface area contributed by atoms with E-state index in [0.29, 0.717) is 42.4 Å². The van der Waals surface area contributed by atoms with Crippen LogP contribution >= 0.6 is 0 Å². The Morgan fingerprint density at radius 3 is 2.44 bits per heavy atom. The summed E-state index contributed by atoms with van der Waals surface area (Å²) in [5, 5.41) is 8.52. The van der Waals surface area contributed by atoms with E-state index in [4.69, 9.17) is 5.73 Å². The minimum absolute atomic E-state index is 0.0954. The largest absolute Gasteiger partial charge is 0.416 e. The van der Waals surface area contributed by atoms with Crippen molar-refractivity contribution >= 4 is 23.3 Å². The van der Waals surface area contributed by atoms with Crippen molar-refractivity contribution in [3.8, 4) is 0 Å². The van der Waals surface area contributed by atoms with Crippen LogP contribution in [-0.4, -0.2) is 28.4 Å². The molecular formula is C20H18F4N6O2. The minimum atomic E-state index is -4.67. The van der Waals surface area contributed by atoms with Crippen LogP contribution in [0, 0.1) is 5.82 Å². The van der Waals surface area contributed by atoms with Crippen molar-refractivity contribution in [2.75, 3.05) is 22.6 Å². The van der Waals surface area contributed by atoms with E-state index in [0.717, 1.165) is 0 Å². The number of urea groups is 1. The van der Waals surface area contributed by atoms with Gasteiger partial charge in [0.1, 0.15) is 5.82 Å². The van der Waals surface area contributed by atoms with Gasteiger partial charge in [-0.25, -0.2) is 9.18 Å². The second-order valence-electron chi connectivity index (χ2n) is 6.60. The van der Waals surface area contributed by atoms with E-state index in [1.807, 2.05) is 0 Å². The van der Waals surface area contributed by atoms with Gasteiger partial charge in [-0.2, -0.15) is 18.0 Å². The molecule has 8 nitrogen and oxygen atoms in total. The monoisotopic (exact) mass is 450 g/mol. The molecule has 0 atom stereocenters. The zero-order chi connectivity index (χ0) is 23.3. The van der Waals surface area contributed by atoms with Crippen molar-refractivity contribution in [3.05, 3.63) is 77.4 Å². The summed E-state index contributed by atoms with van der Waals surface area (Å²) < 4.78 is 52.4. The molecule has 0 saturated heterocycles. The third-order valence-corrected chi connectivity index (χ3v) is 4.32. The van der Waals surface area contributed by atoms with Crippen molar-refractivity contribution in [3.63, 3.8) is 0 Å². The van der Waals surface area contributed by atoms with Crippen molar-refractivity contribution in [2.24, 2.45) is 5.73 Å². The number of carbonyl (C=O) groups is 2. The molecule has 0 aliphatic heterocycles. The molecule has 0 saturated carbocycles. The van der Waals surface area contributed by atoms with Crippen LogP contribution in [0.5, 0.6) is 0 Å². The lowest BCUT2D eigenvalue weighted by Crippen LogP contribution is -2.23. The first-order valence-corrected chi connectivity index (χ1v) is 9.25. The lowest BCUT2D eigenvalue weighted by Gasteiger charge is -2.14. The van der Waals surface area contributed by atoms with Gasteiger partial charge in [0.05, 0.1) is 11.3 Å². The van der Waals surface area contributed by atoms with Gasteiger partial charge >= 0.3 is 12.2 Å². The fourth-order valence-electron chi connectivity index (χ4n) is 2.78. The number of carbonyl (C=O) groups excluding carboxylic acids is 2. The number of hydrogen-bond donors (Lipinski definition) is 4. The maximum Gasteiger partial charge on any atom is 0.416 e. The van der Waals surface area contributed by atoms with Gasteiger partial charge in [0.25, 0.3) is 5.91 Å². The Morgan fingerprint density at radius 2 is 1.75 bits per heavy atom. The molecule has 5 N–H and O–H groups in total. The fourth-order valence-corrected chi connectivity index (χ4v) is 2.78. The lowest BCUT2D eigenvalue weighted by molar-refractivity contribution is -0.137.